The van der Waals surface area contributed by atoms with Crippen molar-refractivity contribution >= 4 is 27.9 Å². The van der Waals surface area contributed by atoms with Gasteiger partial charge >= 0.3 is 11.9 Å². The molecule has 0 aliphatic rings. The fourth-order valence-corrected chi connectivity index (χ4v) is 3.74. The summed E-state index contributed by atoms with van der Waals surface area (Å²) in [5.41, 5.74) is 1.22. The Hall–Kier alpha value is -2.68. The van der Waals surface area contributed by atoms with Crippen LogP contribution in [0, 0.1) is 13.8 Å². The molecule has 182 valence electrons. The minimum atomic E-state index is -0.576. The van der Waals surface area contributed by atoms with Crippen molar-refractivity contribution in [3.05, 3.63) is 65.9 Å². The molecule has 2 aromatic rings. The van der Waals surface area contributed by atoms with Gasteiger partial charge in [-0.3, -0.25) is 9.59 Å². The molecule has 0 atom stereocenters. The third-order valence-electron chi connectivity index (χ3n) is 4.77. The van der Waals surface area contributed by atoms with Gasteiger partial charge in [0.2, 0.25) is 0 Å². The summed E-state index contributed by atoms with van der Waals surface area (Å²) in [5.74, 6) is -1.13. The van der Waals surface area contributed by atoms with Crippen molar-refractivity contribution < 1.29 is 19.1 Å². The quantitative estimate of drug-likeness (QED) is 0.512. The van der Waals surface area contributed by atoms with Crippen LogP contribution in [0.4, 0.5) is 0 Å². The van der Waals surface area contributed by atoms with Gasteiger partial charge in [-0.05, 0) is 89.5 Å². The lowest BCUT2D eigenvalue weighted by Gasteiger charge is -2.16. The molecule has 0 bridgehead atoms. The monoisotopic (exact) mass is 524 g/mol. The summed E-state index contributed by atoms with van der Waals surface area (Å²) in [6.07, 6.45) is 0. The molecule has 0 saturated carbocycles. The summed E-state index contributed by atoms with van der Waals surface area (Å²) in [7, 11) is 0. The summed E-state index contributed by atoms with van der Waals surface area (Å²) in [5, 5.41) is 0. The summed E-state index contributed by atoms with van der Waals surface area (Å²) >= 11 is 3.35. The van der Waals surface area contributed by atoms with Crippen LogP contribution in [0.25, 0.3) is 0 Å². The lowest BCUT2D eigenvalue weighted by Crippen LogP contribution is -2.30. The third kappa shape index (κ3) is 6.90. The van der Waals surface area contributed by atoms with E-state index < -0.39 is 11.9 Å². The maximum atomic E-state index is 12.1. The van der Waals surface area contributed by atoms with Crippen LogP contribution in [-0.2, 0) is 9.47 Å². The van der Waals surface area contributed by atoms with E-state index >= 15 is 0 Å². The average Bonchev–Trinajstić information content (AvgIpc) is 2.71. The number of carbonyl (C=O) groups excluding carboxylic acids is 2. The Kier molecular flexibility index (Phi) is 10.8. The molecule has 33 heavy (non-hydrogen) atoms. The summed E-state index contributed by atoms with van der Waals surface area (Å²) in [6.45, 7) is 15.2. The van der Waals surface area contributed by atoms with Gasteiger partial charge in [-0.2, -0.15) is 0 Å². The Balaban J connectivity index is 0.000000331. The fraction of sp³-hybridized carbons (Fsp3) is 0.500. The molecule has 0 saturated heterocycles. The van der Waals surface area contributed by atoms with E-state index in [0.29, 0.717) is 0 Å². The highest BCUT2D eigenvalue weighted by molar-refractivity contribution is 9.10. The molecule has 2 rings (SSSR count). The van der Waals surface area contributed by atoms with E-state index in [4.69, 9.17) is 9.47 Å². The van der Waals surface area contributed by atoms with Crippen molar-refractivity contribution in [1.29, 1.82) is 0 Å². The van der Waals surface area contributed by atoms with Gasteiger partial charge in [-0.25, -0.2) is 9.59 Å². The van der Waals surface area contributed by atoms with E-state index in [1.165, 1.54) is 12.1 Å². The molecule has 0 fully saturated rings. The van der Waals surface area contributed by atoms with Crippen molar-refractivity contribution in [2.24, 2.45) is 0 Å². The summed E-state index contributed by atoms with van der Waals surface area (Å²) in [6, 6.07) is 4.83. The van der Waals surface area contributed by atoms with Crippen LogP contribution < -0.4 is 11.1 Å². The van der Waals surface area contributed by atoms with Crippen LogP contribution in [0.2, 0.25) is 0 Å². The van der Waals surface area contributed by atoms with E-state index in [1.807, 2.05) is 41.5 Å². The summed E-state index contributed by atoms with van der Waals surface area (Å²) < 4.78 is 13.6. The zero-order valence-corrected chi connectivity index (χ0v) is 22.1. The van der Waals surface area contributed by atoms with Crippen molar-refractivity contribution in [2.75, 3.05) is 13.2 Å². The van der Waals surface area contributed by atoms with Crippen LogP contribution in [0.1, 0.15) is 85.7 Å². The third-order valence-corrected chi connectivity index (χ3v) is 5.57. The molecule has 0 spiro atoms. The van der Waals surface area contributed by atoms with Gasteiger partial charge in [-0.15, -0.1) is 0 Å². The molecule has 0 radical (unpaired) electrons. The van der Waals surface area contributed by atoms with Crippen molar-refractivity contribution in [3.63, 3.8) is 0 Å². The molecule has 2 heterocycles. The van der Waals surface area contributed by atoms with Crippen LogP contribution in [-0.4, -0.2) is 34.3 Å². The number of esters is 2. The number of rotatable bonds is 6. The molecule has 0 aliphatic heterocycles. The van der Waals surface area contributed by atoms with Gasteiger partial charge in [0.1, 0.15) is 11.1 Å². The number of ether oxygens (including phenoxy) is 2. The molecule has 0 unspecified atom stereocenters. The molecule has 9 heteroatoms. The largest absolute Gasteiger partial charge is 0.462 e. The predicted octanol–water partition coefficient (Wildman–Crippen LogP) is 4.59. The number of halogens is 1. The van der Waals surface area contributed by atoms with Crippen LogP contribution in [0.15, 0.2) is 32.3 Å². The molecule has 0 aliphatic carbocycles. The number of carbonyl (C=O) groups is 2. The zero-order chi connectivity index (χ0) is 25.5. The van der Waals surface area contributed by atoms with E-state index in [0.717, 1.165) is 15.9 Å². The number of hydrogen-bond donors (Lipinski definition) is 0. The Labute approximate surface area is 202 Å². The average molecular weight is 525 g/mol. The molecule has 2 aromatic heterocycles. The van der Waals surface area contributed by atoms with Crippen LogP contribution in [0.3, 0.4) is 0 Å². The molecule has 0 amide bonds. The van der Waals surface area contributed by atoms with Crippen LogP contribution >= 0.6 is 15.9 Å². The van der Waals surface area contributed by atoms with Gasteiger partial charge in [0, 0.05) is 27.9 Å². The number of aromatic nitrogens is 2. The fourth-order valence-electron chi connectivity index (χ4n) is 3.32. The Morgan fingerprint density at radius 2 is 1.30 bits per heavy atom. The van der Waals surface area contributed by atoms with Crippen LogP contribution in [0.5, 0.6) is 0 Å². The lowest BCUT2D eigenvalue weighted by atomic mass is 10.2. The van der Waals surface area contributed by atoms with Crippen molar-refractivity contribution in [2.45, 2.75) is 67.5 Å². The van der Waals surface area contributed by atoms with Crippen molar-refractivity contribution in [3.8, 4) is 0 Å². The van der Waals surface area contributed by atoms with E-state index in [-0.39, 0.29) is 47.5 Å². The second-order valence-corrected chi connectivity index (χ2v) is 8.71. The Morgan fingerprint density at radius 3 is 1.76 bits per heavy atom. The first kappa shape index (κ1) is 28.4. The topological polar surface area (TPSA) is 96.6 Å². The number of hydrogen-bond acceptors (Lipinski definition) is 6. The van der Waals surface area contributed by atoms with E-state index in [1.54, 1.807) is 29.0 Å². The van der Waals surface area contributed by atoms with E-state index in [2.05, 4.69) is 15.9 Å². The Bertz CT molecular complexity index is 1120. The second kappa shape index (κ2) is 12.5. The maximum Gasteiger partial charge on any atom is 0.343 e. The van der Waals surface area contributed by atoms with E-state index in [9.17, 15) is 19.2 Å². The second-order valence-electron chi connectivity index (χ2n) is 7.86. The smallest absolute Gasteiger partial charge is 0.343 e. The number of nitrogens with zero attached hydrogens (tertiary/aromatic N) is 2. The number of pyridine rings is 2. The predicted molar refractivity (Wildman–Crippen MR) is 131 cm³/mol. The van der Waals surface area contributed by atoms with Crippen molar-refractivity contribution in [1.82, 2.24) is 9.13 Å². The molecule has 0 aromatic carbocycles. The Morgan fingerprint density at radius 1 is 0.848 bits per heavy atom. The normalized spacial score (nSPS) is 10.6. The highest BCUT2D eigenvalue weighted by Gasteiger charge is 2.19. The number of aryl methyl sites for hydroxylation is 1. The standard InChI is InChI=1S/C12H16BrNO3.C12H17NO3/c1-5-17-12(16)9-6-10(13)8(4)14(7(2)3)11(9)15;1-5-16-12(15)10-7-6-9(4)13(8(2)3)11(10)14/h6-7H,5H2,1-4H3;6-8H,5H2,1-4H3. The summed E-state index contributed by atoms with van der Waals surface area (Å²) in [4.78, 5) is 47.3. The first-order valence-electron chi connectivity index (χ1n) is 10.9. The van der Waals surface area contributed by atoms with Gasteiger partial charge < -0.3 is 18.6 Å². The highest BCUT2D eigenvalue weighted by Crippen LogP contribution is 2.18. The molecular formula is C24H33BrN2O6. The SMILES string of the molecule is CCOC(=O)c1cc(Br)c(C)n(C(C)C)c1=O.CCOC(=O)c1ccc(C)n(C(C)C)c1=O. The first-order chi connectivity index (χ1) is 15.4. The minimum absolute atomic E-state index is 0.00632. The molecule has 8 nitrogen and oxygen atoms in total. The lowest BCUT2D eigenvalue weighted by molar-refractivity contribution is 0.0513. The first-order valence-corrected chi connectivity index (χ1v) is 11.7. The molecule has 0 N–H and O–H groups in total. The van der Waals surface area contributed by atoms with Gasteiger partial charge in [0.15, 0.2) is 0 Å². The molecular weight excluding hydrogens is 492 g/mol. The van der Waals surface area contributed by atoms with Gasteiger partial charge in [0.05, 0.1) is 13.2 Å². The van der Waals surface area contributed by atoms with Gasteiger partial charge in [0.25, 0.3) is 11.1 Å². The highest BCUT2D eigenvalue weighted by atomic mass is 79.9. The maximum absolute atomic E-state index is 12.1. The van der Waals surface area contributed by atoms with Gasteiger partial charge in [-0.1, -0.05) is 0 Å². The zero-order valence-electron chi connectivity index (χ0n) is 20.5. The minimum Gasteiger partial charge on any atom is -0.462 e.